The van der Waals surface area contributed by atoms with Gasteiger partial charge >= 0.3 is 0 Å². The standard InChI is InChI=1S/C20H23BrN2O3S/c1-15-6-8-16(9-7-15)14-27(25,26)23-12-10-17(11-13-23)20(24)22-19-5-3-2-4-18(19)21/h2-9,17H,10-14H2,1H3,(H,22,24). The maximum Gasteiger partial charge on any atom is 0.227 e. The number of nitrogens with zero attached hydrogens (tertiary/aromatic N) is 1. The van der Waals surface area contributed by atoms with Crippen molar-refractivity contribution in [2.24, 2.45) is 5.92 Å². The number of halogens is 1. The van der Waals surface area contributed by atoms with E-state index in [1.807, 2.05) is 55.5 Å². The lowest BCUT2D eigenvalue weighted by atomic mass is 9.97. The number of aryl methyl sites for hydroxylation is 1. The first-order chi connectivity index (χ1) is 12.8. The van der Waals surface area contributed by atoms with E-state index in [1.54, 1.807) is 0 Å². The molecule has 1 amide bonds. The summed E-state index contributed by atoms with van der Waals surface area (Å²) in [5.74, 6) is -0.235. The molecule has 3 rings (SSSR count). The van der Waals surface area contributed by atoms with E-state index in [2.05, 4.69) is 21.2 Å². The van der Waals surface area contributed by atoms with E-state index in [0.717, 1.165) is 21.3 Å². The number of rotatable bonds is 5. The van der Waals surface area contributed by atoms with Crippen molar-refractivity contribution in [1.82, 2.24) is 4.31 Å². The largest absolute Gasteiger partial charge is 0.325 e. The van der Waals surface area contributed by atoms with Crippen LogP contribution in [0.2, 0.25) is 0 Å². The molecule has 2 aromatic carbocycles. The first-order valence-electron chi connectivity index (χ1n) is 8.94. The Morgan fingerprint density at radius 3 is 2.37 bits per heavy atom. The molecule has 1 saturated heterocycles. The molecule has 1 fully saturated rings. The highest BCUT2D eigenvalue weighted by Crippen LogP contribution is 2.26. The second kappa shape index (κ2) is 8.54. The van der Waals surface area contributed by atoms with Crippen LogP contribution in [0.15, 0.2) is 53.0 Å². The summed E-state index contributed by atoms with van der Waals surface area (Å²) in [6.07, 6.45) is 1.06. The molecule has 7 heteroatoms. The van der Waals surface area contributed by atoms with E-state index in [4.69, 9.17) is 0 Å². The summed E-state index contributed by atoms with van der Waals surface area (Å²) in [5, 5.41) is 2.92. The van der Waals surface area contributed by atoms with Crippen molar-refractivity contribution in [3.63, 3.8) is 0 Å². The summed E-state index contributed by atoms with van der Waals surface area (Å²) < 4.78 is 27.7. The topological polar surface area (TPSA) is 66.5 Å². The predicted molar refractivity (Wildman–Crippen MR) is 111 cm³/mol. The zero-order valence-corrected chi connectivity index (χ0v) is 17.6. The zero-order chi connectivity index (χ0) is 19.4. The Balaban J connectivity index is 1.57. The summed E-state index contributed by atoms with van der Waals surface area (Å²) >= 11 is 3.42. The van der Waals surface area contributed by atoms with Crippen LogP contribution in [0.3, 0.4) is 0 Å². The van der Waals surface area contributed by atoms with Crippen LogP contribution in [0.5, 0.6) is 0 Å². The van der Waals surface area contributed by atoms with Crippen LogP contribution in [-0.2, 0) is 20.6 Å². The number of carbonyl (C=O) groups is 1. The molecule has 0 spiro atoms. The van der Waals surface area contributed by atoms with Crippen LogP contribution in [0, 0.1) is 12.8 Å². The third-order valence-electron chi connectivity index (χ3n) is 4.82. The number of amides is 1. The van der Waals surface area contributed by atoms with Crippen molar-refractivity contribution >= 4 is 37.5 Å². The van der Waals surface area contributed by atoms with Gasteiger partial charge in [0.15, 0.2) is 0 Å². The third kappa shape index (κ3) is 5.18. The Kier molecular flexibility index (Phi) is 6.34. The maximum absolute atomic E-state index is 12.7. The first-order valence-corrected chi connectivity index (χ1v) is 11.3. The molecule has 1 N–H and O–H groups in total. The number of hydrogen-bond donors (Lipinski definition) is 1. The first kappa shape index (κ1) is 20.0. The fourth-order valence-corrected chi connectivity index (χ4v) is 5.13. The molecule has 0 saturated carbocycles. The van der Waals surface area contributed by atoms with Crippen LogP contribution < -0.4 is 5.32 Å². The minimum absolute atomic E-state index is 0.00110. The second-order valence-electron chi connectivity index (χ2n) is 6.88. The van der Waals surface area contributed by atoms with Crippen LogP contribution in [0.1, 0.15) is 24.0 Å². The van der Waals surface area contributed by atoms with Crippen LogP contribution in [0.25, 0.3) is 0 Å². The van der Waals surface area contributed by atoms with Crippen molar-refractivity contribution < 1.29 is 13.2 Å². The van der Waals surface area contributed by atoms with Crippen molar-refractivity contribution in [2.45, 2.75) is 25.5 Å². The Morgan fingerprint density at radius 1 is 1.11 bits per heavy atom. The molecule has 1 aliphatic heterocycles. The van der Waals surface area contributed by atoms with Crippen molar-refractivity contribution in [1.29, 1.82) is 0 Å². The summed E-state index contributed by atoms with van der Waals surface area (Å²) in [6, 6.07) is 15.0. The lowest BCUT2D eigenvalue weighted by molar-refractivity contribution is -0.120. The molecule has 0 radical (unpaired) electrons. The zero-order valence-electron chi connectivity index (χ0n) is 15.2. The average molecular weight is 451 g/mol. The predicted octanol–water partition coefficient (Wildman–Crippen LogP) is 3.94. The number of piperidine rings is 1. The van der Waals surface area contributed by atoms with Gasteiger partial charge in [0, 0.05) is 23.5 Å². The molecule has 0 unspecified atom stereocenters. The highest BCUT2D eigenvalue weighted by molar-refractivity contribution is 9.10. The van der Waals surface area contributed by atoms with Gasteiger partial charge in [0.05, 0.1) is 11.4 Å². The number of benzene rings is 2. The maximum atomic E-state index is 12.7. The third-order valence-corrected chi connectivity index (χ3v) is 7.36. The highest BCUT2D eigenvalue weighted by Gasteiger charge is 2.31. The minimum atomic E-state index is -3.37. The van der Waals surface area contributed by atoms with Crippen LogP contribution in [0.4, 0.5) is 5.69 Å². The minimum Gasteiger partial charge on any atom is -0.325 e. The SMILES string of the molecule is Cc1ccc(CS(=O)(=O)N2CCC(C(=O)Nc3ccccc3Br)CC2)cc1. The van der Waals surface area contributed by atoms with Gasteiger partial charge in [-0.05, 0) is 53.4 Å². The van der Waals surface area contributed by atoms with E-state index >= 15 is 0 Å². The Labute approximate surface area is 169 Å². The van der Waals surface area contributed by atoms with Gasteiger partial charge in [-0.15, -0.1) is 0 Å². The van der Waals surface area contributed by atoms with Gasteiger partial charge < -0.3 is 5.32 Å². The van der Waals surface area contributed by atoms with Crippen molar-refractivity contribution in [2.75, 3.05) is 18.4 Å². The number of carbonyl (C=O) groups excluding carboxylic acids is 1. The average Bonchev–Trinajstić information content (AvgIpc) is 2.65. The molecular formula is C20H23BrN2O3S. The Bertz CT molecular complexity index is 905. The molecule has 1 aliphatic rings. The van der Waals surface area contributed by atoms with Crippen LogP contribution >= 0.6 is 15.9 Å². The lowest BCUT2D eigenvalue weighted by Gasteiger charge is -2.30. The molecule has 144 valence electrons. The van der Waals surface area contributed by atoms with E-state index in [1.165, 1.54) is 4.31 Å². The summed E-state index contributed by atoms with van der Waals surface area (Å²) in [4.78, 5) is 12.5. The molecule has 27 heavy (non-hydrogen) atoms. The molecule has 0 aromatic heterocycles. The highest BCUT2D eigenvalue weighted by atomic mass is 79.9. The monoisotopic (exact) mass is 450 g/mol. The van der Waals surface area contributed by atoms with Crippen molar-refractivity contribution in [3.05, 3.63) is 64.1 Å². The molecule has 5 nitrogen and oxygen atoms in total. The van der Waals surface area contributed by atoms with Gasteiger partial charge in [0.25, 0.3) is 0 Å². The lowest BCUT2D eigenvalue weighted by Crippen LogP contribution is -2.41. The van der Waals surface area contributed by atoms with Crippen molar-refractivity contribution in [3.8, 4) is 0 Å². The van der Waals surface area contributed by atoms with E-state index in [9.17, 15) is 13.2 Å². The smallest absolute Gasteiger partial charge is 0.227 e. The van der Waals surface area contributed by atoms with E-state index in [0.29, 0.717) is 25.9 Å². The summed E-state index contributed by atoms with van der Waals surface area (Å²) in [6.45, 7) is 2.73. The molecule has 0 aliphatic carbocycles. The number of anilines is 1. The van der Waals surface area contributed by atoms with Gasteiger partial charge in [-0.1, -0.05) is 42.0 Å². The van der Waals surface area contributed by atoms with E-state index in [-0.39, 0.29) is 17.6 Å². The van der Waals surface area contributed by atoms with Gasteiger partial charge in [0.2, 0.25) is 15.9 Å². The normalized spacial score (nSPS) is 16.2. The molecule has 2 aromatic rings. The quantitative estimate of drug-likeness (QED) is 0.749. The molecular weight excluding hydrogens is 428 g/mol. The second-order valence-corrected chi connectivity index (χ2v) is 9.71. The number of hydrogen-bond acceptors (Lipinski definition) is 3. The summed E-state index contributed by atoms with van der Waals surface area (Å²) in [5.41, 5.74) is 2.62. The van der Waals surface area contributed by atoms with Gasteiger partial charge in [-0.2, -0.15) is 0 Å². The van der Waals surface area contributed by atoms with Crippen LogP contribution in [-0.4, -0.2) is 31.7 Å². The Morgan fingerprint density at radius 2 is 1.74 bits per heavy atom. The summed E-state index contributed by atoms with van der Waals surface area (Å²) in [7, 11) is -3.37. The number of sulfonamides is 1. The molecule has 0 atom stereocenters. The van der Waals surface area contributed by atoms with Gasteiger partial charge in [0.1, 0.15) is 0 Å². The fourth-order valence-electron chi connectivity index (χ4n) is 3.18. The van der Waals surface area contributed by atoms with Gasteiger partial charge in [-0.25, -0.2) is 12.7 Å². The van der Waals surface area contributed by atoms with Gasteiger partial charge in [-0.3, -0.25) is 4.79 Å². The fraction of sp³-hybridized carbons (Fsp3) is 0.350. The number of para-hydroxylation sites is 1. The Hall–Kier alpha value is -1.70. The number of nitrogens with one attached hydrogen (secondary N) is 1. The van der Waals surface area contributed by atoms with E-state index < -0.39 is 10.0 Å². The molecule has 0 bridgehead atoms. The molecule has 1 heterocycles.